The summed E-state index contributed by atoms with van der Waals surface area (Å²) >= 11 is 0. The molecule has 0 aromatic heterocycles. The minimum Gasteiger partial charge on any atom is -0.496 e. The van der Waals surface area contributed by atoms with E-state index >= 15 is 0 Å². The number of hydrogen-bond acceptors (Lipinski definition) is 5. The maximum Gasteiger partial charge on any atom is 0.131 e. The van der Waals surface area contributed by atoms with Crippen LogP contribution in [0.25, 0.3) is 0 Å². The summed E-state index contributed by atoms with van der Waals surface area (Å²) < 4.78 is 15.7. The molecule has 0 saturated carbocycles. The van der Waals surface area contributed by atoms with E-state index in [-0.39, 0.29) is 25.1 Å². The molecule has 0 heterocycles. The fraction of sp³-hybridized carbons (Fsp3) is 0.500. The van der Waals surface area contributed by atoms with E-state index in [0.717, 1.165) is 5.56 Å². The van der Waals surface area contributed by atoms with E-state index in [1.807, 2.05) is 0 Å². The van der Waals surface area contributed by atoms with E-state index < -0.39 is 0 Å². The van der Waals surface area contributed by atoms with Gasteiger partial charge in [0.2, 0.25) is 0 Å². The highest BCUT2D eigenvalue weighted by Gasteiger charge is 2.19. The Bertz CT molecular complexity index is 348. The van der Waals surface area contributed by atoms with Crippen molar-refractivity contribution in [2.45, 2.75) is 12.5 Å². The third-order valence-corrected chi connectivity index (χ3v) is 2.56. The summed E-state index contributed by atoms with van der Waals surface area (Å²) in [7, 11) is 4.69. The Morgan fingerprint density at radius 3 is 1.94 bits per heavy atom. The molecule has 18 heavy (non-hydrogen) atoms. The van der Waals surface area contributed by atoms with Gasteiger partial charge in [0.1, 0.15) is 17.2 Å². The Labute approximate surface area is 113 Å². The minimum atomic E-state index is -0.337. The van der Waals surface area contributed by atoms with Gasteiger partial charge in [0.15, 0.2) is 0 Å². The van der Waals surface area contributed by atoms with Crippen LogP contribution in [0.15, 0.2) is 12.1 Å². The zero-order chi connectivity index (χ0) is 12.8. The van der Waals surface area contributed by atoms with E-state index in [0.29, 0.717) is 23.7 Å². The third-order valence-electron chi connectivity index (χ3n) is 2.56. The number of ether oxygens (including phenoxy) is 3. The Morgan fingerprint density at radius 1 is 1.11 bits per heavy atom. The Hall–Kier alpha value is -1.17. The summed E-state index contributed by atoms with van der Waals surface area (Å²) in [5, 5.41) is 8.94. The summed E-state index contributed by atoms with van der Waals surface area (Å²) in [5.41, 5.74) is 6.73. The second kappa shape index (κ2) is 8.02. The van der Waals surface area contributed by atoms with Crippen LogP contribution in [0.4, 0.5) is 0 Å². The first-order chi connectivity index (χ1) is 8.17. The van der Waals surface area contributed by atoms with Crippen LogP contribution in [0.3, 0.4) is 0 Å². The Kier molecular flexibility index (Phi) is 7.50. The van der Waals surface area contributed by atoms with Gasteiger partial charge in [0.25, 0.3) is 0 Å². The molecule has 0 amide bonds. The lowest BCUT2D eigenvalue weighted by molar-refractivity contribution is 0.273. The number of halogens is 1. The molecule has 0 fully saturated rings. The summed E-state index contributed by atoms with van der Waals surface area (Å²) in [6, 6.07) is 3.15. The maximum atomic E-state index is 8.94. The molecule has 0 aliphatic rings. The predicted molar refractivity (Wildman–Crippen MR) is 72.0 cm³/mol. The van der Waals surface area contributed by atoms with Gasteiger partial charge in [0, 0.05) is 24.8 Å². The standard InChI is InChI=1S/C12H19NO4.ClH/c1-15-8-6-10(16-2)12(9(13)4-5-14)11(7-8)17-3;/h6-7,9,14H,4-5,13H2,1-3H3;1H/t9-;/m0./s1. The maximum absolute atomic E-state index is 8.94. The van der Waals surface area contributed by atoms with Crippen molar-refractivity contribution >= 4 is 12.4 Å². The SMILES string of the molecule is COc1cc(OC)c([C@@H](N)CCO)c(OC)c1.Cl. The van der Waals surface area contributed by atoms with Gasteiger partial charge in [-0.3, -0.25) is 0 Å². The molecule has 0 radical (unpaired) electrons. The van der Waals surface area contributed by atoms with Gasteiger partial charge in [-0.15, -0.1) is 12.4 Å². The van der Waals surface area contributed by atoms with Gasteiger partial charge in [-0.1, -0.05) is 0 Å². The van der Waals surface area contributed by atoms with E-state index in [9.17, 15) is 0 Å². The highest BCUT2D eigenvalue weighted by atomic mass is 35.5. The van der Waals surface area contributed by atoms with Crippen LogP contribution in [0.1, 0.15) is 18.0 Å². The van der Waals surface area contributed by atoms with Gasteiger partial charge in [-0.2, -0.15) is 0 Å². The molecular weight excluding hydrogens is 258 g/mol. The monoisotopic (exact) mass is 277 g/mol. The minimum absolute atomic E-state index is 0. The van der Waals surface area contributed by atoms with Crippen LogP contribution in [-0.2, 0) is 0 Å². The highest BCUT2D eigenvalue weighted by molar-refractivity contribution is 5.85. The van der Waals surface area contributed by atoms with Gasteiger partial charge in [-0.05, 0) is 6.42 Å². The van der Waals surface area contributed by atoms with Crippen LogP contribution in [0.5, 0.6) is 17.2 Å². The van der Waals surface area contributed by atoms with E-state index in [1.54, 1.807) is 33.5 Å². The number of benzene rings is 1. The van der Waals surface area contributed by atoms with Crippen molar-refractivity contribution in [2.75, 3.05) is 27.9 Å². The summed E-state index contributed by atoms with van der Waals surface area (Å²) in [4.78, 5) is 0. The van der Waals surface area contributed by atoms with E-state index in [4.69, 9.17) is 25.1 Å². The summed E-state index contributed by atoms with van der Waals surface area (Å²) in [6.45, 7) is 0.0134. The molecule has 5 nitrogen and oxygen atoms in total. The van der Waals surface area contributed by atoms with Crippen molar-refractivity contribution < 1.29 is 19.3 Å². The first kappa shape index (κ1) is 16.8. The quantitative estimate of drug-likeness (QED) is 0.825. The summed E-state index contributed by atoms with van der Waals surface area (Å²) in [5.74, 6) is 1.84. The van der Waals surface area contributed by atoms with E-state index in [2.05, 4.69) is 0 Å². The summed E-state index contributed by atoms with van der Waals surface area (Å²) in [6.07, 6.45) is 0.444. The smallest absolute Gasteiger partial charge is 0.131 e. The number of hydrogen-bond donors (Lipinski definition) is 2. The zero-order valence-electron chi connectivity index (χ0n) is 10.8. The molecule has 1 atom stereocenters. The second-order valence-electron chi connectivity index (χ2n) is 3.56. The van der Waals surface area contributed by atoms with Crippen LogP contribution in [-0.4, -0.2) is 33.0 Å². The molecule has 0 aliphatic carbocycles. The first-order valence-corrected chi connectivity index (χ1v) is 5.34. The number of nitrogens with two attached hydrogens (primary N) is 1. The molecule has 0 spiro atoms. The van der Waals surface area contributed by atoms with Gasteiger partial charge in [-0.25, -0.2) is 0 Å². The van der Waals surface area contributed by atoms with Crippen molar-refractivity contribution in [3.63, 3.8) is 0 Å². The zero-order valence-corrected chi connectivity index (χ0v) is 11.6. The lowest BCUT2D eigenvalue weighted by Gasteiger charge is -2.19. The lowest BCUT2D eigenvalue weighted by Crippen LogP contribution is -2.14. The van der Waals surface area contributed by atoms with Gasteiger partial charge in [0.05, 0.1) is 26.9 Å². The number of aliphatic hydroxyl groups is 1. The molecule has 1 rings (SSSR count). The predicted octanol–water partition coefficient (Wildman–Crippen LogP) is 1.52. The largest absolute Gasteiger partial charge is 0.496 e. The van der Waals surface area contributed by atoms with Gasteiger partial charge < -0.3 is 25.1 Å². The van der Waals surface area contributed by atoms with Crippen molar-refractivity contribution in [3.8, 4) is 17.2 Å². The first-order valence-electron chi connectivity index (χ1n) is 5.34. The number of methoxy groups -OCH3 is 3. The van der Waals surface area contributed by atoms with Crippen LogP contribution in [0, 0.1) is 0 Å². The number of rotatable bonds is 6. The van der Waals surface area contributed by atoms with Crippen molar-refractivity contribution in [1.29, 1.82) is 0 Å². The Morgan fingerprint density at radius 2 is 1.61 bits per heavy atom. The fourth-order valence-electron chi connectivity index (χ4n) is 1.68. The molecule has 0 unspecified atom stereocenters. The fourth-order valence-corrected chi connectivity index (χ4v) is 1.68. The molecule has 0 saturated heterocycles. The average molecular weight is 278 g/mol. The molecule has 3 N–H and O–H groups in total. The molecule has 0 aliphatic heterocycles. The number of aliphatic hydroxyl groups excluding tert-OH is 1. The normalized spacial score (nSPS) is 11.4. The molecule has 6 heteroatoms. The average Bonchev–Trinajstić information content (AvgIpc) is 2.37. The van der Waals surface area contributed by atoms with Crippen LogP contribution in [0.2, 0.25) is 0 Å². The Balaban J connectivity index is 0.00000289. The lowest BCUT2D eigenvalue weighted by atomic mass is 10.0. The molecule has 1 aromatic carbocycles. The second-order valence-corrected chi connectivity index (χ2v) is 3.56. The highest BCUT2D eigenvalue weighted by Crippen LogP contribution is 2.38. The third kappa shape index (κ3) is 3.66. The van der Waals surface area contributed by atoms with Gasteiger partial charge >= 0.3 is 0 Å². The molecule has 0 bridgehead atoms. The van der Waals surface area contributed by atoms with Crippen LogP contribution >= 0.6 is 12.4 Å². The molecule has 104 valence electrons. The van der Waals surface area contributed by atoms with Crippen molar-refractivity contribution in [3.05, 3.63) is 17.7 Å². The van der Waals surface area contributed by atoms with Crippen LogP contribution < -0.4 is 19.9 Å². The topological polar surface area (TPSA) is 73.9 Å². The van der Waals surface area contributed by atoms with E-state index in [1.165, 1.54) is 0 Å². The van der Waals surface area contributed by atoms with Crippen molar-refractivity contribution in [2.24, 2.45) is 5.73 Å². The molecular formula is C12H20ClNO4. The van der Waals surface area contributed by atoms with Crippen molar-refractivity contribution in [1.82, 2.24) is 0 Å². The molecule has 1 aromatic rings.